The highest BCUT2D eigenvalue weighted by molar-refractivity contribution is 6.37. The summed E-state index contributed by atoms with van der Waals surface area (Å²) in [6.45, 7) is 11.8. The van der Waals surface area contributed by atoms with Crippen molar-refractivity contribution in [3.8, 4) is 0 Å². The lowest BCUT2D eigenvalue weighted by Gasteiger charge is -1.96. The monoisotopic (exact) mass is 138 g/mol. The fraction of sp³-hybridized carbons (Fsp3) is 0.500. The molecule has 0 aliphatic rings. The van der Waals surface area contributed by atoms with E-state index in [9.17, 15) is 0 Å². The van der Waals surface area contributed by atoms with Crippen LogP contribution in [0.25, 0.3) is 0 Å². The Morgan fingerprint density at radius 3 is 1.67 bits per heavy atom. The number of hydrogen-bond acceptors (Lipinski definition) is 0. The van der Waals surface area contributed by atoms with Crippen LogP contribution in [0.15, 0.2) is 24.3 Å². The van der Waals surface area contributed by atoms with Crippen LogP contribution in [0.4, 0.5) is 0 Å². The minimum Gasteiger partial charge on any atom is -0.100 e. The topological polar surface area (TPSA) is 0 Å². The third kappa shape index (κ3) is 7.70. The van der Waals surface area contributed by atoms with E-state index in [2.05, 4.69) is 27.0 Å². The summed E-state index contributed by atoms with van der Waals surface area (Å²) in [5.74, 6) is 0. The molecule has 0 unspecified atom stereocenters. The highest BCUT2D eigenvalue weighted by Crippen LogP contribution is 2.01. The Kier molecular flexibility index (Phi) is 4.41. The van der Waals surface area contributed by atoms with Gasteiger partial charge in [0.25, 0.3) is 0 Å². The van der Waals surface area contributed by atoms with Crippen LogP contribution in [0.5, 0.6) is 0 Å². The van der Waals surface area contributed by atoms with Crippen molar-refractivity contribution in [3.63, 3.8) is 0 Å². The van der Waals surface area contributed by atoms with Crippen LogP contribution in [0.2, 0.25) is 12.1 Å². The van der Waals surface area contributed by atoms with Crippen molar-refractivity contribution < 1.29 is 0 Å². The summed E-state index contributed by atoms with van der Waals surface area (Å²) in [6, 6.07) is 2.35. The van der Waals surface area contributed by atoms with Gasteiger partial charge in [0.1, 0.15) is 0 Å². The van der Waals surface area contributed by atoms with Gasteiger partial charge >= 0.3 is 0 Å². The molecule has 1 heteroatoms. The summed E-state index contributed by atoms with van der Waals surface area (Å²) < 4.78 is 0. The van der Waals surface area contributed by atoms with E-state index >= 15 is 0 Å². The van der Waals surface area contributed by atoms with Crippen LogP contribution in [0, 0.1) is 0 Å². The van der Waals surface area contributed by atoms with Crippen molar-refractivity contribution in [2.75, 3.05) is 0 Å². The zero-order valence-electron chi connectivity index (χ0n) is 6.33. The van der Waals surface area contributed by atoms with Crippen molar-refractivity contribution in [2.24, 2.45) is 0 Å². The molecule has 0 saturated carbocycles. The van der Waals surface area contributed by atoms with Gasteiger partial charge in [0.05, 0.1) is 0 Å². The Hall–Kier alpha value is -0.303. The molecule has 0 aliphatic heterocycles. The first-order chi connectivity index (χ1) is 4.13. The lowest BCUT2D eigenvalue weighted by molar-refractivity contribution is 1.33. The quantitative estimate of drug-likeness (QED) is 0.414. The van der Waals surface area contributed by atoms with Gasteiger partial charge in [-0.05, 0) is 25.9 Å². The maximum absolute atomic E-state index is 3.83. The smallest absolute Gasteiger partial charge is 0.0468 e. The number of allylic oxidation sites excluding steroid dienone is 2. The van der Waals surface area contributed by atoms with Crippen molar-refractivity contribution in [2.45, 2.75) is 25.9 Å². The van der Waals surface area contributed by atoms with Crippen molar-refractivity contribution >= 4 is 9.52 Å². The number of hydrogen-bond donors (Lipinski definition) is 0. The van der Waals surface area contributed by atoms with E-state index in [4.69, 9.17) is 0 Å². The summed E-state index contributed by atoms with van der Waals surface area (Å²) in [5.41, 5.74) is 2.57. The Balaban J connectivity index is 3.10. The molecule has 0 rings (SSSR count). The molecule has 9 heavy (non-hydrogen) atoms. The van der Waals surface area contributed by atoms with Gasteiger partial charge in [0, 0.05) is 9.52 Å². The fourth-order valence-electron chi connectivity index (χ4n) is 0.489. The predicted molar refractivity (Wildman–Crippen MR) is 45.0 cm³/mol. The average Bonchev–Trinajstić information content (AvgIpc) is 1.63. The molecule has 0 aliphatic carbocycles. The van der Waals surface area contributed by atoms with E-state index in [0.29, 0.717) is 0 Å². The first kappa shape index (κ1) is 8.70. The fourth-order valence-corrected chi connectivity index (χ4v) is 1.47. The molecule has 0 aromatic rings. The Bertz CT molecular complexity index is 99.7. The second kappa shape index (κ2) is 4.56. The summed E-state index contributed by atoms with van der Waals surface area (Å²) in [4.78, 5) is 0. The van der Waals surface area contributed by atoms with E-state index in [1.165, 1.54) is 23.2 Å². The molecular formula is C8H14Si. The predicted octanol–water partition coefficient (Wildman–Crippen LogP) is 2.68. The van der Waals surface area contributed by atoms with Crippen LogP contribution >= 0.6 is 0 Å². The lowest BCUT2D eigenvalue weighted by atomic mass is 10.4. The molecule has 0 N–H and O–H groups in total. The molecule has 0 amide bonds. The van der Waals surface area contributed by atoms with Gasteiger partial charge in [-0.15, -0.1) is 13.2 Å². The molecule has 0 nitrogen and oxygen atoms in total. The summed E-state index contributed by atoms with van der Waals surface area (Å²) >= 11 is 0. The van der Waals surface area contributed by atoms with Crippen LogP contribution < -0.4 is 0 Å². The number of rotatable bonds is 4. The molecular weight excluding hydrogens is 124 g/mol. The maximum atomic E-state index is 3.83. The second-order valence-corrected chi connectivity index (χ2v) is 3.72. The molecule has 0 saturated heterocycles. The third-order valence-corrected chi connectivity index (χ3v) is 2.56. The molecule has 0 spiro atoms. The van der Waals surface area contributed by atoms with E-state index in [-0.39, 0.29) is 0 Å². The first-order valence-electron chi connectivity index (χ1n) is 3.12. The Morgan fingerprint density at radius 1 is 1.11 bits per heavy atom. The summed E-state index contributed by atoms with van der Waals surface area (Å²) in [5, 5.41) is 0. The molecule has 0 aromatic carbocycles. The van der Waals surface area contributed by atoms with E-state index in [1.54, 1.807) is 0 Å². The Labute approximate surface area is 60.5 Å². The lowest BCUT2D eigenvalue weighted by Crippen LogP contribution is -1.88. The zero-order valence-corrected chi connectivity index (χ0v) is 7.33. The van der Waals surface area contributed by atoms with Gasteiger partial charge in [0.2, 0.25) is 0 Å². The maximum Gasteiger partial charge on any atom is 0.0468 e. The van der Waals surface area contributed by atoms with E-state index in [1.807, 2.05) is 0 Å². The largest absolute Gasteiger partial charge is 0.100 e. The zero-order chi connectivity index (χ0) is 7.28. The SMILES string of the molecule is C=C(C)C[Si]CC(=C)C. The van der Waals surface area contributed by atoms with Crippen LogP contribution in [0.1, 0.15) is 13.8 Å². The Morgan fingerprint density at radius 2 is 1.44 bits per heavy atom. The first-order valence-corrected chi connectivity index (χ1v) is 4.54. The molecule has 50 valence electrons. The summed E-state index contributed by atoms with van der Waals surface area (Å²) in [6.07, 6.45) is 0. The average molecular weight is 138 g/mol. The second-order valence-electron chi connectivity index (χ2n) is 2.52. The third-order valence-electron chi connectivity index (χ3n) is 0.854. The molecule has 0 bridgehead atoms. The molecule has 0 atom stereocenters. The van der Waals surface area contributed by atoms with Crippen LogP contribution in [-0.4, -0.2) is 9.52 Å². The van der Waals surface area contributed by atoms with Gasteiger partial charge in [-0.3, -0.25) is 0 Å². The van der Waals surface area contributed by atoms with Gasteiger partial charge in [0.15, 0.2) is 0 Å². The molecule has 0 heterocycles. The van der Waals surface area contributed by atoms with E-state index < -0.39 is 0 Å². The van der Waals surface area contributed by atoms with Crippen LogP contribution in [-0.2, 0) is 0 Å². The minimum atomic E-state index is 0.994. The van der Waals surface area contributed by atoms with Gasteiger partial charge in [-0.2, -0.15) is 0 Å². The van der Waals surface area contributed by atoms with Crippen molar-refractivity contribution in [1.29, 1.82) is 0 Å². The van der Waals surface area contributed by atoms with Crippen LogP contribution in [0.3, 0.4) is 0 Å². The highest BCUT2D eigenvalue weighted by atomic mass is 28.2. The summed E-state index contributed by atoms with van der Waals surface area (Å²) in [7, 11) is 0.994. The molecule has 0 fully saturated rings. The van der Waals surface area contributed by atoms with Gasteiger partial charge in [-0.1, -0.05) is 11.1 Å². The molecule has 2 radical (unpaired) electrons. The van der Waals surface area contributed by atoms with Crippen molar-refractivity contribution in [1.82, 2.24) is 0 Å². The van der Waals surface area contributed by atoms with Gasteiger partial charge < -0.3 is 0 Å². The standard InChI is InChI=1S/C8H14Si/c1-7(2)5-9-6-8(3)4/h1,3,5-6H2,2,4H3. The van der Waals surface area contributed by atoms with Gasteiger partial charge in [-0.25, -0.2) is 0 Å². The van der Waals surface area contributed by atoms with E-state index in [0.717, 1.165) is 9.52 Å². The molecule has 0 aromatic heterocycles. The minimum absolute atomic E-state index is 0.994. The van der Waals surface area contributed by atoms with Crippen molar-refractivity contribution in [3.05, 3.63) is 24.3 Å². The normalized spacial score (nSPS) is 9.11. The highest BCUT2D eigenvalue weighted by Gasteiger charge is 1.89.